The van der Waals surface area contributed by atoms with Crippen LogP contribution in [0.1, 0.15) is 37.9 Å². The summed E-state index contributed by atoms with van der Waals surface area (Å²) in [5, 5.41) is 10.3. The van der Waals surface area contributed by atoms with E-state index in [0.29, 0.717) is 12.6 Å². The first-order valence-corrected chi connectivity index (χ1v) is 7.96. The summed E-state index contributed by atoms with van der Waals surface area (Å²) in [6, 6.07) is 6.67. The van der Waals surface area contributed by atoms with Gasteiger partial charge in [-0.25, -0.2) is 4.39 Å². The number of benzene rings is 1. The number of likely N-dealkylation sites (tertiary alicyclic amines) is 1. The quantitative estimate of drug-likeness (QED) is 0.874. The van der Waals surface area contributed by atoms with Gasteiger partial charge in [-0.3, -0.25) is 0 Å². The smallest absolute Gasteiger partial charge is 0.123 e. The van der Waals surface area contributed by atoms with Gasteiger partial charge in [0.05, 0.1) is 6.10 Å². The molecular formula is C17H27FN2O. The Balaban J connectivity index is 1.81. The van der Waals surface area contributed by atoms with Gasteiger partial charge in [0.25, 0.3) is 0 Å². The Bertz CT molecular complexity index is 415. The highest BCUT2D eigenvalue weighted by Crippen LogP contribution is 2.20. The van der Waals surface area contributed by atoms with Crippen LogP contribution in [0.4, 0.5) is 4.39 Å². The molecule has 0 saturated carbocycles. The Labute approximate surface area is 127 Å². The van der Waals surface area contributed by atoms with Crippen LogP contribution in [0.25, 0.3) is 0 Å². The van der Waals surface area contributed by atoms with Gasteiger partial charge in [-0.2, -0.15) is 0 Å². The highest BCUT2D eigenvalue weighted by molar-refractivity contribution is 5.18. The van der Waals surface area contributed by atoms with Crippen molar-refractivity contribution in [1.82, 2.24) is 9.80 Å². The van der Waals surface area contributed by atoms with Crippen LogP contribution >= 0.6 is 0 Å². The monoisotopic (exact) mass is 294 g/mol. The highest BCUT2D eigenvalue weighted by atomic mass is 19.1. The van der Waals surface area contributed by atoms with Crippen molar-refractivity contribution in [2.24, 2.45) is 0 Å². The second-order valence-corrected chi connectivity index (χ2v) is 6.08. The van der Waals surface area contributed by atoms with E-state index in [1.807, 2.05) is 0 Å². The van der Waals surface area contributed by atoms with Gasteiger partial charge in [-0.05, 0) is 63.6 Å². The predicted octanol–water partition coefficient (Wildman–Crippen LogP) is 2.67. The topological polar surface area (TPSA) is 26.7 Å². The van der Waals surface area contributed by atoms with E-state index in [1.165, 1.54) is 25.1 Å². The molecule has 1 N–H and O–H groups in total. The highest BCUT2D eigenvalue weighted by Gasteiger charge is 2.23. The molecule has 1 atom stereocenters. The molecule has 1 heterocycles. The molecule has 1 unspecified atom stereocenters. The molecule has 0 aliphatic carbocycles. The molecule has 0 aromatic heterocycles. The summed E-state index contributed by atoms with van der Waals surface area (Å²) in [7, 11) is 2.08. The fraction of sp³-hybridized carbons (Fsp3) is 0.647. The fourth-order valence-corrected chi connectivity index (χ4v) is 3.11. The third kappa shape index (κ3) is 4.77. The number of rotatable bonds is 6. The molecule has 4 heteroatoms. The van der Waals surface area contributed by atoms with Gasteiger partial charge in [-0.15, -0.1) is 0 Å². The molecule has 1 aliphatic heterocycles. The van der Waals surface area contributed by atoms with Gasteiger partial charge in [0.15, 0.2) is 0 Å². The van der Waals surface area contributed by atoms with Crippen molar-refractivity contribution in [3.8, 4) is 0 Å². The van der Waals surface area contributed by atoms with Gasteiger partial charge >= 0.3 is 0 Å². The van der Waals surface area contributed by atoms with Crippen LogP contribution in [0, 0.1) is 5.82 Å². The van der Waals surface area contributed by atoms with E-state index in [1.54, 1.807) is 12.1 Å². The fourth-order valence-electron chi connectivity index (χ4n) is 3.11. The Morgan fingerprint density at radius 2 is 1.90 bits per heavy atom. The van der Waals surface area contributed by atoms with E-state index >= 15 is 0 Å². The number of aliphatic hydroxyl groups is 1. The third-order valence-corrected chi connectivity index (χ3v) is 4.44. The molecule has 1 fully saturated rings. The lowest BCUT2D eigenvalue weighted by atomic mass is 10.0. The number of likely N-dealkylation sites (N-methyl/N-ethyl adjacent to an activating group) is 1. The van der Waals surface area contributed by atoms with Crippen molar-refractivity contribution in [1.29, 1.82) is 0 Å². The maximum absolute atomic E-state index is 12.9. The summed E-state index contributed by atoms with van der Waals surface area (Å²) in [6.07, 6.45) is 2.98. The predicted molar refractivity (Wildman–Crippen MR) is 83.7 cm³/mol. The van der Waals surface area contributed by atoms with Crippen LogP contribution in [0.2, 0.25) is 0 Å². The average Bonchev–Trinajstić information content (AvgIpc) is 2.49. The average molecular weight is 294 g/mol. The zero-order chi connectivity index (χ0) is 15.2. The summed E-state index contributed by atoms with van der Waals surface area (Å²) in [6.45, 7) is 6.31. The molecule has 118 valence electrons. The van der Waals surface area contributed by atoms with E-state index in [-0.39, 0.29) is 5.82 Å². The minimum absolute atomic E-state index is 0.261. The van der Waals surface area contributed by atoms with E-state index in [9.17, 15) is 9.50 Å². The SMILES string of the molecule is CCCN1CCC(N(C)CC(O)c2ccc(F)cc2)CC1. The minimum Gasteiger partial charge on any atom is -0.387 e. The van der Waals surface area contributed by atoms with Crippen LogP contribution in [0.3, 0.4) is 0 Å². The lowest BCUT2D eigenvalue weighted by molar-refractivity contribution is 0.0736. The van der Waals surface area contributed by atoms with Crippen molar-refractivity contribution in [3.63, 3.8) is 0 Å². The van der Waals surface area contributed by atoms with E-state index in [2.05, 4.69) is 23.8 Å². The van der Waals surface area contributed by atoms with Crippen LogP contribution in [0.15, 0.2) is 24.3 Å². The Morgan fingerprint density at radius 3 is 2.48 bits per heavy atom. The van der Waals surface area contributed by atoms with E-state index in [4.69, 9.17) is 0 Å². The molecule has 1 aromatic rings. The summed E-state index contributed by atoms with van der Waals surface area (Å²) in [5.74, 6) is -0.261. The normalized spacial score (nSPS) is 19.1. The Morgan fingerprint density at radius 1 is 1.29 bits per heavy atom. The molecular weight excluding hydrogens is 267 g/mol. The van der Waals surface area contributed by atoms with Crippen molar-refractivity contribution in [3.05, 3.63) is 35.6 Å². The molecule has 21 heavy (non-hydrogen) atoms. The first-order valence-electron chi connectivity index (χ1n) is 7.96. The number of hydrogen-bond acceptors (Lipinski definition) is 3. The van der Waals surface area contributed by atoms with Gasteiger partial charge in [0.1, 0.15) is 5.82 Å². The molecule has 2 rings (SSSR count). The number of piperidine rings is 1. The number of aliphatic hydroxyl groups excluding tert-OH is 1. The molecule has 0 bridgehead atoms. The van der Waals surface area contributed by atoms with Crippen LogP contribution < -0.4 is 0 Å². The maximum Gasteiger partial charge on any atom is 0.123 e. The number of halogens is 1. The van der Waals surface area contributed by atoms with Crippen molar-refractivity contribution < 1.29 is 9.50 Å². The molecule has 0 radical (unpaired) electrons. The second-order valence-electron chi connectivity index (χ2n) is 6.08. The molecule has 1 aliphatic rings. The standard InChI is InChI=1S/C17H27FN2O/c1-3-10-20-11-8-16(9-12-20)19(2)13-17(21)14-4-6-15(18)7-5-14/h4-7,16-17,21H,3,8-13H2,1-2H3. The van der Waals surface area contributed by atoms with Crippen LogP contribution in [-0.4, -0.2) is 54.2 Å². The van der Waals surface area contributed by atoms with E-state index in [0.717, 1.165) is 31.5 Å². The van der Waals surface area contributed by atoms with Crippen LogP contribution in [-0.2, 0) is 0 Å². The summed E-state index contributed by atoms with van der Waals surface area (Å²) >= 11 is 0. The lowest BCUT2D eigenvalue weighted by Crippen LogP contribution is -2.44. The molecule has 0 amide bonds. The second kappa shape index (κ2) is 7.87. The third-order valence-electron chi connectivity index (χ3n) is 4.44. The Hall–Kier alpha value is -0.970. The summed E-state index contributed by atoms with van der Waals surface area (Å²) < 4.78 is 12.9. The zero-order valence-electron chi connectivity index (χ0n) is 13.1. The van der Waals surface area contributed by atoms with Crippen LogP contribution in [0.5, 0.6) is 0 Å². The molecule has 3 nitrogen and oxygen atoms in total. The minimum atomic E-state index is -0.552. The van der Waals surface area contributed by atoms with Gasteiger partial charge in [0.2, 0.25) is 0 Å². The summed E-state index contributed by atoms with van der Waals surface area (Å²) in [5.41, 5.74) is 0.784. The number of hydrogen-bond donors (Lipinski definition) is 1. The van der Waals surface area contributed by atoms with Crippen molar-refractivity contribution in [2.45, 2.75) is 38.3 Å². The van der Waals surface area contributed by atoms with Crippen molar-refractivity contribution >= 4 is 0 Å². The lowest BCUT2D eigenvalue weighted by Gasteiger charge is -2.37. The molecule has 0 spiro atoms. The first kappa shape index (κ1) is 16.4. The molecule has 1 aromatic carbocycles. The summed E-state index contributed by atoms with van der Waals surface area (Å²) in [4.78, 5) is 4.76. The molecule has 1 saturated heterocycles. The first-order chi connectivity index (χ1) is 10.1. The number of nitrogens with zero attached hydrogens (tertiary/aromatic N) is 2. The largest absolute Gasteiger partial charge is 0.387 e. The van der Waals surface area contributed by atoms with E-state index < -0.39 is 6.10 Å². The van der Waals surface area contributed by atoms with Gasteiger partial charge in [-0.1, -0.05) is 19.1 Å². The maximum atomic E-state index is 12.9. The Kier molecular flexibility index (Phi) is 6.15. The van der Waals surface area contributed by atoms with Gasteiger partial charge in [0, 0.05) is 12.6 Å². The van der Waals surface area contributed by atoms with Crippen molar-refractivity contribution in [2.75, 3.05) is 33.2 Å². The zero-order valence-corrected chi connectivity index (χ0v) is 13.1. The van der Waals surface area contributed by atoms with Gasteiger partial charge < -0.3 is 14.9 Å².